The first kappa shape index (κ1) is 24.4. The normalized spacial score (nSPS) is 11.3. The maximum absolute atomic E-state index is 13.1. The van der Waals surface area contributed by atoms with Crippen LogP contribution in [0.1, 0.15) is 29.4 Å². The minimum atomic E-state index is -0.209. The number of hydrogen-bond acceptors (Lipinski definition) is 5. The van der Waals surface area contributed by atoms with Crippen molar-refractivity contribution in [3.8, 4) is 11.5 Å². The van der Waals surface area contributed by atoms with Crippen LogP contribution >= 0.6 is 38.5 Å². The second-order valence-corrected chi connectivity index (χ2v) is 9.79. The number of aryl methyl sites for hydroxylation is 2. The molecule has 0 fully saturated rings. The highest BCUT2D eigenvalue weighted by atomic mass is 127. The number of fused-ring (bicyclic) bond motifs is 1. The van der Waals surface area contributed by atoms with E-state index in [4.69, 9.17) is 9.47 Å². The third-order valence-electron chi connectivity index (χ3n) is 5.23. The van der Waals surface area contributed by atoms with E-state index < -0.39 is 0 Å². The van der Waals surface area contributed by atoms with Gasteiger partial charge in [-0.2, -0.15) is 9.78 Å². The highest BCUT2D eigenvalue weighted by molar-refractivity contribution is 14.1. The Morgan fingerprint density at radius 2 is 2.00 bits per heavy atom. The van der Waals surface area contributed by atoms with E-state index >= 15 is 0 Å². The maximum atomic E-state index is 13.1. The van der Waals surface area contributed by atoms with Gasteiger partial charge in [-0.3, -0.25) is 4.79 Å². The van der Waals surface area contributed by atoms with Gasteiger partial charge in [-0.15, -0.1) is 0 Å². The van der Waals surface area contributed by atoms with Crippen molar-refractivity contribution < 1.29 is 9.47 Å². The van der Waals surface area contributed by atoms with Crippen LogP contribution in [0.5, 0.6) is 11.5 Å². The van der Waals surface area contributed by atoms with Crippen LogP contribution in [0.25, 0.3) is 10.9 Å². The monoisotopic (exact) mass is 631 g/mol. The molecule has 0 aliphatic heterocycles. The van der Waals surface area contributed by atoms with Gasteiger partial charge >= 0.3 is 0 Å². The highest BCUT2D eigenvalue weighted by Gasteiger charge is 2.13. The molecule has 174 valence electrons. The van der Waals surface area contributed by atoms with Crippen molar-refractivity contribution in [2.24, 2.45) is 5.10 Å². The summed E-state index contributed by atoms with van der Waals surface area (Å²) in [6.45, 7) is 4.45. The van der Waals surface area contributed by atoms with Gasteiger partial charge in [0.2, 0.25) is 0 Å². The van der Waals surface area contributed by atoms with Gasteiger partial charge in [0.25, 0.3) is 5.56 Å². The molecule has 0 saturated heterocycles. The maximum Gasteiger partial charge on any atom is 0.282 e. The Bertz CT molecular complexity index is 1450. The third kappa shape index (κ3) is 5.33. The molecule has 8 heteroatoms. The van der Waals surface area contributed by atoms with E-state index in [1.54, 1.807) is 19.4 Å². The molecular formula is C26H23BrIN3O3. The summed E-state index contributed by atoms with van der Waals surface area (Å²) in [7, 11) is 1.61. The summed E-state index contributed by atoms with van der Waals surface area (Å²) in [4.78, 5) is 17.7. The summed E-state index contributed by atoms with van der Waals surface area (Å²) in [6.07, 6.45) is 2.21. The summed E-state index contributed by atoms with van der Waals surface area (Å²) >= 11 is 5.64. The Hall–Kier alpha value is -2.72. The van der Waals surface area contributed by atoms with E-state index in [2.05, 4.69) is 67.7 Å². The molecule has 4 aromatic rings. The lowest BCUT2D eigenvalue weighted by atomic mass is 10.1. The number of halogens is 2. The second kappa shape index (κ2) is 10.7. The summed E-state index contributed by atoms with van der Waals surface area (Å²) in [6, 6.07) is 17.5. The Morgan fingerprint density at radius 3 is 2.74 bits per heavy atom. The average molecular weight is 632 g/mol. The Labute approximate surface area is 219 Å². The summed E-state index contributed by atoms with van der Waals surface area (Å²) in [5.74, 6) is 1.87. The van der Waals surface area contributed by atoms with Crippen LogP contribution in [0.3, 0.4) is 0 Å². The molecule has 1 aromatic heterocycles. The van der Waals surface area contributed by atoms with E-state index in [1.807, 2.05) is 43.3 Å². The van der Waals surface area contributed by atoms with E-state index in [0.29, 0.717) is 41.3 Å². The molecule has 0 amide bonds. The quantitative estimate of drug-likeness (QED) is 0.183. The number of hydrogen-bond donors (Lipinski definition) is 0. The Balaban J connectivity index is 1.66. The zero-order chi connectivity index (χ0) is 24.2. The smallest absolute Gasteiger partial charge is 0.282 e. The molecule has 6 nitrogen and oxygen atoms in total. The van der Waals surface area contributed by atoms with Crippen LogP contribution in [0.15, 0.2) is 69.0 Å². The average Bonchev–Trinajstić information content (AvgIpc) is 2.82. The van der Waals surface area contributed by atoms with E-state index in [1.165, 1.54) is 10.2 Å². The van der Waals surface area contributed by atoms with Crippen molar-refractivity contribution in [1.29, 1.82) is 0 Å². The van der Waals surface area contributed by atoms with E-state index in [0.717, 1.165) is 19.2 Å². The fourth-order valence-corrected chi connectivity index (χ4v) is 4.72. The van der Waals surface area contributed by atoms with Crippen molar-refractivity contribution in [2.45, 2.75) is 26.9 Å². The molecule has 0 aliphatic rings. The number of aromatic nitrogens is 2. The molecule has 0 atom stereocenters. The summed E-state index contributed by atoms with van der Waals surface area (Å²) in [5, 5.41) is 4.99. The van der Waals surface area contributed by atoms with Crippen molar-refractivity contribution in [1.82, 2.24) is 9.66 Å². The molecule has 3 aromatic carbocycles. The largest absolute Gasteiger partial charge is 0.493 e. The molecule has 0 spiro atoms. The fourth-order valence-electron chi connectivity index (χ4n) is 3.58. The lowest BCUT2D eigenvalue weighted by Crippen LogP contribution is -2.22. The SMILES string of the molecule is CCc1nc2ccc(Br)cc2c(=O)n1N=Cc1cc(I)c(OCc2cccc(C)c2)c(OC)c1. The molecule has 0 N–H and O–H groups in total. The first-order chi connectivity index (χ1) is 16.4. The number of nitrogens with zero attached hydrogens (tertiary/aromatic N) is 3. The van der Waals surface area contributed by atoms with Crippen LogP contribution in [0.2, 0.25) is 0 Å². The topological polar surface area (TPSA) is 65.7 Å². The van der Waals surface area contributed by atoms with Crippen molar-refractivity contribution >= 4 is 55.6 Å². The highest BCUT2D eigenvalue weighted by Crippen LogP contribution is 2.34. The first-order valence-electron chi connectivity index (χ1n) is 10.7. The standard InChI is InChI=1S/C26H23BrIN3O3/c1-4-24-30-22-9-8-19(27)13-20(22)26(32)31(24)29-14-18-11-21(28)25(23(12-18)33-3)34-15-17-7-5-6-16(2)10-17/h5-14H,4,15H2,1-3H3. The van der Waals surface area contributed by atoms with Gasteiger partial charge in [-0.05, 0) is 71.0 Å². The number of methoxy groups -OCH3 is 1. The lowest BCUT2D eigenvalue weighted by molar-refractivity contribution is 0.282. The second-order valence-electron chi connectivity index (χ2n) is 7.72. The molecule has 0 saturated carbocycles. The van der Waals surface area contributed by atoms with Gasteiger partial charge in [-0.1, -0.05) is 52.7 Å². The molecule has 0 radical (unpaired) electrons. The van der Waals surface area contributed by atoms with Crippen LogP contribution in [-0.2, 0) is 13.0 Å². The van der Waals surface area contributed by atoms with E-state index in [9.17, 15) is 4.79 Å². The Kier molecular flexibility index (Phi) is 7.67. The van der Waals surface area contributed by atoms with Gasteiger partial charge in [0, 0.05) is 10.9 Å². The summed E-state index contributed by atoms with van der Waals surface area (Å²) < 4.78 is 14.7. The number of ether oxygens (including phenoxy) is 2. The van der Waals surface area contributed by atoms with Crippen LogP contribution in [0.4, 0.5) is 0 Å². The molecule has 1 heterocycles. The Morgan fingerprint density at radius 1 is 1.18 bits per heavy atom. The molecular weight excluding hydrogens is 609 g/mol. The van der Waals surface area contributed by atoms with Crippen LogP contribution < -0.4 is 15.0 Å². The molecule has 0 aliphatic carbocycles. The van der Waals surface area contributed by atoms with Crippen molar-refractivity contribution in [3.63, 3.8) is 0 Å². The van der Waals surface area contributed by atoms with E-state index in [-0.39, 0.29) is 5.56 Å². The zero-order valence-electron chi connectivity index (χ0n) is 19.0. The van der Waals surface area contributed by atoms with Gasteiger partial charge in [0.1, 0.15) is 12.4 Å². The minimum absolute atomic E-state index is 0.209. The molecule has 4 rings (SSSR count). The van der Waals surface area contributed by atoms with Crippen molar-refractivity contribution in [2.75, 3.05) is 7.11 Å². The first-order valence-corrected chi connectivity index (χ1v) is 12.6. The molecule has 0 unspecified atom stereocenters. The fraction of sp³-hybridized carbons (Fsp3) is 0.192. The van der Waals surface area contributed by atoms with Gasteiger partial charge < -0.3 is 9.47 Å². The molecule has 0 bridgehead atoms. The lowest BCUT2D eigenvalue weighted by Gasteiger charge is -2.14. The van der Waals surface area contributed by atoms with Gasteiger partial charge in [-0.25, -0.2) is 4.98 Å². The van der Waals surface area contributed by atoms with Gasteiger partial charge in [0.15, 0.2) is 11.5 Å². The van der Waals surface area contributed by atoms with Crippen LogP contribution in [0, 0.1) is 10.5 Å². The minimum Gasteiger partial charge on any atom is -0.493 e. The summed E-state index contributed by atoms with van der Waals surface area (Å²) in [5.41, 5.74) is 3.51. The third-order valence-corrected chi connectivity index (χ3v) is 6.53. The van der Waals surface area contributed by atoms with Crippen molar-refractivity contribution in [3.05, 3.63) is 95.5 Å². The predicted octanol–water partition coefficient (Wildman–Crippen LogP) is 6.10. The number of benzene rings is 3. The zero-order valence-corrected chi connectivity index (χ0v) is 22.8. The van der Waals surface area contributed by atoms with Gasteiger partial charge in [0.05, 0.1) is 27.8 Å². The van der Waals surface area contributed by atoms with Crippen LogP contribution in [-0.4, -0.2) is 23.0 Å². The number of rotatable bonds is 7. The predicted molar refractivity (Wildman–Crippen MR) is 147 cm³/mol. The molecule has 34 heavy (non-hydrogen) atoms.